The molecule has 1 N–H and O–H groups in total. The molecule has 6 aromatic carbocycles. The fourth-order valence-corrected chi connectivity index (χ4v) is 9.88. The minimum absolute atomic E-state index is 0.0241. The van der Waals surface area contributed by atoms with Crippen molar-refractivity contribution in [2.45, 2.75) is 25.2 Å². The maximum Gasteiger partial charge on any atom is 0.313 e. The normalized spacial score (nSPS) is 11.6. The third-order valence-electron chi connectivity index (χ3n) is 14.4. The van der Waals surface area contributed by atoms with Gasteiger partial charge in [0, 0.05) is 0 Å². The highest BCUT2D eigenvalue weighted by Gasteiger charge is 2.39. The summed E-state index contributed by atoms with van der Waals surface area (Å²) in [5.74, 6) is -2.78. The third kappa shape index (κ3) is 40.3. The van der Waals surface area contributed by atoms with Crippen molar-refractivity contribution in [3.63, 3.8) is 0 Å². The Morgan fingerprint density at radius 1 is 0.292 bits per heavy atom. The first kappa shape index (κ1) is 93.0. The van der Waals surface area contributed by atoms with Crippen LogP contribution in [0.2, 0.25) is 0 Å². The number of nitrogens with zero attached hydrogens (tertiary/aromatic N) is 1. The van der Waals surface area contributed by atoms with Gasteiger partial charge in [-0.05, 0) is 33.4 Å². The molecule has 0 spiro atoms. The van der Waals surface area contributed by atoms with Crippen LogP contribution in [0, 0.1) is 0 Å². The van der Waals surface area contributed by atoms with Gasteiger partial charge in [-0.2, -0.15) is 0 Å². The van der Waals surface area contributed by atoms with Crippen molar-refractivity contribution in [3.8, 4) is 0 Å². The Kier molecular flexibility index (Phi) is 52.1. The highest BCUT2D eigenvalue weighted by Crippen LogP contribution is 2.42. The number of ketones is 1. The van der Waals surface area contributed by atoms with Gasteiger partial charge in [-0.25, -0.2) is 4.79 Å². The number of benzene rings is 6. The molecule has 1 amide bonds. The zero-order valence-electron chi connectivity index (χ0n) is 59.4. The van der Waals surface area contributed by atoms with Crippen LogP contribution in [0.3, 0.4) is 0 Å². The smallest absolute Gasteiger partial charge is 0.313 e. The Labute approximate surface area is 651 Å². The number of aliphatic imine (C=N–C) groups is 1. The average Bonchev–Trinajstić information content (AvgIpc) is 0.767. The summed E-state index contributed by atoms with van der Waals surface area (Å²) in [6, 6.07) is 61.8. The van der Waals surface area contributed by atoms with Gasteiger partial charge in [0.25, 0.3) is 3.79 Å². The quantitative estimate of drug-likeness (QED) is 0.00708. The van der Waals surface area contributed by atoms with Gasteiger partial charge in [-0.1, -0.05) is 252 Å². The lowest BCUT2D eigenvalue weighted by molar-refractivity contribution is -0.147. The lowest BCUT2D eigenvalue weighted by atomic mass is 9.80. The number of rotatable bonds is 57. The number of halogens is 6. The molecule has 23 nitrogen and oxygen atoms in total. The Morgan fingerprint density at radius 2 is 0.491 bits per heavy atom. The number of aliphatic hydroxyl groups is 1. The number of Topliss-reactive ketones (excluding diaryl/α,β-unsaturated/α-hetero) is 1. The molecule has 0 bridgehead atoms. The SMILES string of the molecule is O=C(CC(=O)C(Cl)(Cl)Cl)OCCOCCOCCOCCOCCOCCOCCOCCOC(c1ccccc1)(c1ccccc1)c1ccccc1.O=C=NC(=O)C(Cl)(Cl)Cl.OCCOCCOCCOCCOCCOCCOCCOCCOC(c1ccccc1)(c1ccccc1)c1ccccc1. The summed E-state index contributed by atoms with van der Waals surface area (Å²) in [7, 11) is 0. The molecule has 0 aliphatic rings. The van der Waals surface area contributed by atoms with Crippen molar-refractivity contribution in [3.05, 3.63) is 215 Å². The number of carbonyl (C=O) groups excluding carboxylic acids is 4. The van der Waals surface area contributed by atoms with Crippen LogP contribution in [-0.2, 0) is 111 Å². The Morgan fingerprint density at radius 3 is 0.670 bits per heavy atom. The van der Waals surface area contributed by atoms with E-state index in [-0.39, 0.29) is 19.8 Å². The summed E-state index contributed by atoms with van der Waals surface area (Å²) in [6.45, 7) is 13.2. The third-order valence-corrected chi connectivity index (χ3v) is 15.5. The van der Waals surface area contributed by atoms with E-state index in [2.05, 4.69) is 77.8 Å². The van der Waals surface area contributed by atoms with Gasteiger partial charge in [0.15, 0.2) is 5.78 Å². The molecule has 6 aromatic rings. The second-order valence-corrected chi connectivity index (χ2v) is 26.4. The van der Waals surface area contributed by atoms with E-state index >= 15 is 0 Å². The summed E-state index contributed by atoms with van der Waals surface area (Å²) in [5.41, 5.74) is 4.85. The second-order valence-electron chi connectivity index (χ2n) is 21.9. The van der Waals surface area contributed by atoms with Crippen molar-refractivity contribution in [2.75, 3.05) is 211 Å². The Bertz CT molecular complexity index is 2990. The summed E-state index contributed by atoms with van der Waals surface area (Å²) in [6.07, 6.45) is 0.328. The van der Waals surface area contributed by atoms with Gasteiger partial charge in [-0.3, -0.25) is 14.4 Å². The first-order chi connectivity index (χ1) is 51.7. The van der Waals surface area contributed by atoms with Gasteiger partial charge >= 0.3 is 11.9 Å². The van der Waals surface area contributed by atoms with E-state index in [1.165, 1.54) is 0 Å². The molecule has 0 fully saturated rings. The number of isocyanates is 1. The molecule has 0 heterocycles. The highest BCUT2D eigenvalue weighted by atomic mass is 35.6. The predicted octanol–water partition coefficient (Wildman–Crippen LogP) is 11.3. The molecule has 29 heteroatoms. The summed E-state index contributed by atoms with van der Waals surface area (Å²) >= 11 is 31.1. The van der Waals surface area contributed by atoms with Crippen molar-refractivity contribution in [2.24, 2.45) is 4.99 Å². The van der Waals surface area contributed by atoms with Crippen LogP contribution >= 0.6 is 69.6 Å². The predicted molar refractivity (Wildman–Crippen MR) is 403 cm³/mol. The number of hydrogen-bond acceptors (Lipinski definition) is 22. The van der Waals surface area contributed by atoms with Crippen LogP contribution in [0.5, 0.6) is 0 Å². The molecule has 0 radical (unpaired) electrons. The number of alkyl halides is 6. The molecule has 0 aliphatic carbocycles. The zero-order valence-corrected chi connectivity index (χ0v) is 63.9. The van der Waals surface area contributed by atoms with E-state index in [4.69, 9.17) is 155 Å². The van der Waals surface area contributed by atoms with E-state index in [1.807, 2.05) is 109 Å². The number of amides is 1. The first-order valence-electron chi connectivity index (χ1n) is 34.4. The van der Waals surface area contributed by atoms with Crippen LogP contribution in [-0.4, -0.2) is 248 Å². The molecule has 0 saturated carbocycles. The lowest BCUT2D eigenvalue weighted by Crippen LogP contribution is -2.34. The van der Waals surface area contributed by atoms with Crippen molar-refractivity contribution in [1.82, 2.24) is 0 Å². The number of esters is 1. The van der Waals surface area contributed by atoms with Gasteiger partial charge in [-0.15, -0.1) is 4.99 Å². The average molecular weight is 1600 g/mol. The maximum absolute atomic E-state index is 11.5. The molecular formula is C77H97Cl6NO22. The molecule has 0 saturated heterocycles. The molecule has 584 valence electrons. The highest BCUT2D eigenvalue weighted by molar-refractivity contribution is 6.77. The van der Waals surface area contributed by atoms with Crippen LogP contribution < -0.4 is 0 Å². The van der Waals surface area contributed by atoms with E-state index in [1.54, 1.807) is 0 Å². The lowest BCUT2D eigenvalue weighted by Gasteiger charge is -2.36. The van der Waals surface area contributed by atoms with E-state index in [0.717, 1.165) is 39.5 Å². The number of aliphatic hydroxyl groups excluding tert-OH is 1. The van der Waals surface area contributed by atoms with E-state index < -0.39 is 42.9 Å². The minimum Gasteiger partial charge on any atom is -0.463 e. The Hall–Kier alpha value is -5.43. The van der Waals surface area contributed by atoms with Crippen LogP contribution in [0.15, 0.2) is 187 Å². The molecule has 106 heavy (non-hydrogen) atoms. The fraction of sp³-hybridized carbons (Fsp3) is 0.481. The number of carbonyl (C=O) groups is 3. The largest absolute Gasteiger partial charge is 0.463 e. The molecule has 0 aromatic heterocycles. The second kappa shape index (κ2) is 59.4. The van der Waals surface area contributed by atoms with Crippen LogP contribution in [0.25, 0.3) is 0 Å². The number of ether oxygens (including phenoxy) is 17. The van der Waals surface area contributed by atoms with Gasteiger partial charge in [0.05, 0.1) is 205 Å². The zero-order chi connectivity index (χ0) is 76.2. The van der Waals surface area contributed by atoms with E-state index in [0.29, 0.717) is 192 Å². The summed E-state index contributed by atoms with van der Waals surface area (Å²) in [5, 5.41) is 8.60. The summed E-state index contributed by atoms with van der Waals surface area (Å²) in [4.78, 5) is 45.1. The van der Waals surface area contributed by atoms with Gasteiger partial charge in [0.2, 0.25) is 9.87 Å². The number of hydrogen-bond donors (Lipinski definition) is 1. The minimum atomic E-state index is -2.14. The van der Waals surface area contributed by atoms with Crippen LogP contribution in [0.1, 0.15) is 39.8 Å². The monoisotopic (exact) mass is 1600 g/mol. The fourth-order valence-electron chi connectivity index (χ4n) is 9.55. The molecule has 0 unspecified atom stereocenters. The van der Waals surface area contributed by atoms with Crippen molar-refractivity contribution in [1.29, 1.82) is 0 Å². The maximum atomic E-state index is 11.5. The topological polar surface area (TPSA) is 258 Å². The molecule has 0 aliphatic heterocycles. The van der Waals surface area contributed by atoms with Crippen LogP contribution in [0.4, 0.5) is 0 Å². The summed E-state index contributed by atoms with van der Waals surface area (Å²) < 4.78 is 91.0. The van der Waals surface area contributed by atoms with Crippen molar-refractivity contribution < 1.29 is 105 Å². The molecule has 0 atom stereocenters. The van der Waals surface area contributed by atoms with Crippen molar-refractivity contribution >= 4 is 93.3 Å². The van der Waals surface area contributed by atoms with Gasteiger partial charge < -0.3 is 85.6 Å². The van der Waals surface area contributed by atoms with E-state index in [9.17, 15) is 19.2 Å². The molecular weight excluding hydrogens is 1500 g/mol. The first-order valence-corrected chi connectivity index (χ1v) is 36.7. The molecule has 6 rings (SSSR count). The Balaban J connectivity index is 0.000000406. The van der Waals surface area contributed by atoms with Gasteiger partial charge in [0.1, 0.15) is 24.2 Å². The standard InChI is InChI=1S/C39H49Cl3O11.C35H48O9.C3Cl3NO2/c40-39(41,42)36(43)32-37(44)52-30-28-50-26-24-48-22-20-46-18-16-45-17-19-47-21-23-49-25-27-51-29-31-53-38(33-10-4-1-5-11-33,34-12-6-2-7-13-34)35-14-8-3-9-15-35;36-16-17-37-18-19-38-20-21-39-22-23-40-24-25-41-26-27-42-28-29-43-30-31-44-35(32-10-4-1-5-11-32,33-12-6-2-7-13-33)34-14-8-3-9-15-34;4-3(5,6)2(9)7-1-8/h1-15H,16-32H2;1-15,36H,16-31H2;.